The molecule has 0 radical (unpaired) electrons. The van der Waals surface area contributed by atoms with Crippen LogP contribution in [-0.2, 0) is 0 Å². The summed E-state index contributed by atoms with van der Waals surface area (Å²) < 4.78 is 12.6. The summed E-state index contributed by atoms with van der Waals surface area (Å²) in [5.41, 5.74) is 0.504. The van der Waals surface area contributed by atoms with Crippen molar-refractivity contribution in [1.29, 1.82) is 0 Å². The highest BCUT2D eigenvalue weighted by Gasteiger charge is 2.08. The number of benzene rings is 1. The summed E-state index contributed by atoms with van der Waals surface area (Å²) in [6.45, 7) is 4.10. The quantitative estimate of drug-likeness (QED) is 0.816. The molecular formula is C13H18FNO. The fourth-order valence-corrected chi connectivity index (χ4v) is 1.49. The number of unbranched alkanes of at least 4 members (excludes halogenated alkanes) is 1. The maximum atomic E-state index is 12.6. The molecule has 0 fully saturated rings. The molecule has 0 saturated carbocycles. The highest BCUT2D eigenvalue weighted by Crippen LogP contribution is 2.05. The number of carbonyl (C=O) groups excluding carboxylic acids is 1. The van der Waals surface area contributed by atoms with Crippen molar-refractivity contribution in [2.75, 3.05) is 0 Å². The summed E-state index contributed by atoms with van der Waals surface area (Å²) in [5.74, 6) is -0.459. The standard InChI is InChI=1S/C13H18FNO/c1-3-4-5-10(2)15-13(16)11-6-8-12(14)9-7-11/h6-10H,3-5H2,1-2H3,(H,15,16). The largest absolute Gasteiger partial charge is 0.350 e. The van der Waals surface area contributed by atoms with E-state index in [9.17, 15) is 9.18 Å². The second-order valence-electron chi connectivity index (χ2n) is 4.02. The maximum Gasteiger partial charge on any atom is 0.251 e. The molecule has 1 amide bonds. The number of hydrogen-bond acceptors (Lipinski definition) is 1. The molecule has 2 nitrogen and oxygen atoms in total. The van der Waals surface area contributed by atoms with Gasteiger partial charge in [-0.25, -0.2) is 4.39 Å². The average Bonchev–Trinajstić information content (AvgIpc) is 2.27. The van der Waals surface area contributed by atoms with E-state index in [1.807, 2.05) is 6.92 Å². The van der Waals surface area contributed by atoms with Gasteiger partial charge in [0.05, 0.1) is 0 Å². The Bertz CT molecular complexity index is 334. The molecule has 1 rings (SSSR count). The number of rotatable bonds is 5. The summed E-state index contributed by atoms with van der Waals surface area (Å²) in [7, 11) is 0. The molecule has 0 bridgehead atoms. The third-order valence-electron chi connectivity index (χ3n) is 2.47. The van der Waals surface area contributed by atoms with Gasteiger partial charge in [-0.05, 0) is 37.6 Å². The van der Waals surface area contributed by atoms with Gasteiger partial charge in [0.1, 0.15) is 5.82 Å². The Morgan fingerprint density at radius 2 is 2.00 bits per heavy atom. The van der Waals surface area contributed by atoms with E-state index in [0.717, 1.165) is 19.3 Å². The van der Waals surface area contributed by atoms with E-state index >= 15 is 0 Å². The minimum absolute atomic E-state index is 0.136. The van der Waals surface area contributed by atoms with Gasteiger partial charge in [-0.3, -0.25) is 4.79 Å². The van der Waals surface area contributed by atoms with Crippen LogP contribution in [0, 0.1) is 5.82 Å². The van der Waals surface area contributed by atoms with Gasteiger partial charge < -0.3 is 5.32 Å². The summed E-state index contributed by atoms with van der Waals surface area (Å²) in [6, 6.07) is 5.75. The van der Waals surface area contributed by atoms with Crippen molar-refractivity contribution in [1.82, 2.24) is 5.32 Å². The number of nitrogens with one attached hydrogen (secondary N) is 1. The van der Waals surface area contributed by atoms with E-state index in [1.54, 1.807) is 0 Å². The SMILES string of the molecule is CCCCC(C)NC(=O)c1ccc(F)cc1. The Morgan fingerprint density at radius 3 is 2.56 bits per heavy atom. The Labute approximate surface area is 95.9 Å². The predicted molar refractivity (Wildman–Crippen MR) is 62.9 cm³/mol. The molecular weight excluding hydrogens is 205 g/mol. The van der Waals surface area contributed by atoms with Crippen molar-refractivity contribution in [2.24, 2.45) is 0 Å². The van der Waals surface area contributed by atoms with Gasteiger partial charge >= 0.3 is 0 Å². The first kappa shape index (κ1) is 12.7. The fourth-order valence-electron chi connectivity index (χ4n) is 1.49. The van der Waals surface area contributed by atoms with Crippen LogP contribution in [0.1, 0.15) is 43.5 Å². The van der Waals surface area contributed by atoms with Crippen LogP contribution >= 0.6 is 0 Å². The van der Waals surface area contributed by atoms with Crippen molar-refractivity contribution in [3.05, 3.63) is 35.6 Å². The van der Waals surface area contributed by atoms with E-state index in [-0.39, 0.29) is 17.8 Å². The molecule has 0 spiro atoms. The molecule has 88 valence electrons. The zero-order valence-electron chi connectivity index (χ0n) is 9.79. The molecule has 1 N–H and O–H groups in total. The topological polar surface area (TPSA) is 29.1 Å². The van der Waals surface area contributed by atoms with Crippen LogP contribution in [0.15, 0.2) is 24.3 Å². The lowest BCUT2D eigenvalue weighted by Crippen LogP contribution is -2.32. The number of halogens is 1. The molecule has 0 saturated heterocycles. The first-order valence-electron chi connectivity index (χ1n) is 5.70. The lowest BCUT2D eigenvalue weighted by atomic mass is 10.1. The van der Waals surface area contributed by atoms with E-state index in [2.05, 4.69) is 12.2 Å². The molecule has 0 aliphatic rings. The van der Waals surface area contributed by atoms with Gasteiger partial charge in [0, 0.05) is 11.6 Å². The Kier molecular flexibility index (Phi) is 4.96. The van der Waals surface area contributed by atoms with Gasteiger partial charge in [-0.2, -0.15) is 0 Å². The third kappa shape index (κ3) is 4.01. The molecule has 0 heterocycles. The minimum atomic E-state index is -0.324. The molecule has 1 aromatic carbocycles. The third-order valence-corrected chi connectivity index (χ3v) is 2.47. The van der Waals surface area contributed by atoms with Gasteiger partial charge in [0.2, 0.25) is 0 Å². The Balaban J connectivity index is 2.48. The van der Waals surface area contributed by atoms with Crippen LogP contribution in [0.2, 0.25) is 0 Å². The predicted octanol–water partition coefficient (Wildman–Crippen LogP) is 3.13. The summed E-state index contributed by atoms with van der Waals surface area (Å²) in [6.07, 6.45) is 3.20. The zero-order valence-corrected chi connectivity index (χ0v) is 9.79. The van der Waals surface area contributed by atoms with Crippen LogP contribution < -0.4 is 5.32 Å². The van der Waals surface area contributed by atoms with Crippen LogP contribution in [0.25, 0.3) is 0 Å². The lowest BCUT2D eigenvalue weighted by molar-refractivity contribution is 0.0938. The van der Waals surface area contributed by atoms with Crippen LogP contribution in [0.4, 0.5) is 4.39 Å². The van der Waals surface area contributed by atoms with Crippen LogP contribution in [0.3, 0.4) is 0 Å². The van der Waals surface area contributed by atoms with E-state index in [4.69, 9.17) is 0 Å². The van der Waals surface area contributed by atoms with Gasteiger partial charge in [-0.15, -0.1) is 0 Å². The second kappa shape index (κ2) is 6.26. The Hall–Kier alpha value is -1.38. The van der Waals surface area contributed by atoms with Crippen molar-refractivity contribution in [3.63, 3.8) is 0 Å². The van der Waals surface area contributed by atoms with E-state index in [1.165, 1.54) is 24.3 Å². The van der Waals surface area contributed by atoms with Gasteiger partial charge in [0.25, 0.3) is 5.91 Å². The molecule has 1 atom stereocenters. The lowest BCUT2D eigenvalue weighted by Gasteiger charge is -2.13. The van der Waals surface area contributed by atoms with Crippen LogP contribution in [0.5, 0.6) is 0 Å². The van der Waals surface area contributed by atoms with Crippen molar-refractivity contribution in [2.45, 2.75) is 39.2 Å². The highest BCUT2D eigenvalue weighted by molar-refractivity contribution is 5.94. The number of hydrogen-bond donors (Lipinski definition) is 1. The smallest absolute Gasteiger partial charge is 0.251 e. The van der Waals surface area contributed by atoms with E-state index < -0.39 is 0 Å². The molecule has 3 heteroatoms. The van der Waals surface area contributed by atoms with Crippen LogP contribution in [-0.4, -0.2) is 11.9 Å². The monoisotopic (exact) mass is 223 g/mol. The fraction of sp³-hybridized carbons (Fsp3) is 0.462. The Morgan fingerprint density at radius 1 is 1.38 bits per heavy atom. The first-order valence-corrected chi connectivity index (χ1v) is 5.70. The summed E-state index contributed by atoms with van der Waals surface area (Å²) >= 11 is 0. The van der Waals surface area contributed by atoms with Crippen molar-refractivity contribution >= 4 is 5.91 Å². The second-order valence-corrected chi connectivity index (χ2v) is 4.02. The highest BCUT2D eigenvalue weighted by atomic mass is 19.1. The van der Waals surface area contributed by atoms with E-state index in [0.29, 0.717) is 5.56 Å². The number of amides is 1. The average molecular weight is 223 g/mol. The first-order chi connectivity index (χ1) is 7.63. The molecule has 0 aliphatic carbocycles. The summed E-state index contributed by atoms with van der Waals surface area (Å²) in [4.78, 5) is 11.7. The molecule has 1 aromatic rings. The maximum absolute atomic E-state index is 12.6. The van der Waals surface area contributed by atoms with Crippen molar-refractivity contribution < 1.29 is 9.18 Å². The normalized spacial score (nSPS) is 12.2. The molecule has 0 aliphatic heterocycles. The molecule has 0 aromatic heterocycles. The number of carbonyl (C=O) groups is 1. The molecule has 1 unspecified atom stereocenters. The van der Waals surface area contributed by atoms with Gasteiger partial charge in [0.15, 0.2) is 0 Å². The zero-order chi connectivity index (χ0) is 12.0. The molecule has 16 heavy (non-hydrogen) atoms. The minimum Gasteiger partial charge on any atom is -0.350 e. The van der Waals surface area contributed by atoms with Gasteiger partial charge in [-0.1, -0.05) is 19.8 Å². The van der Waals surface area contributed by atoms with Crippen molar-refractivity contribution in [3.8, 4) is 0 Å². The summed E-state index contributed by atoms with van der Waals surface area (Å²) in [5, 5.41) is 2.89.